The van der Waals surface area contributed by atoms with Gasteiger partial charge >= 0.3 is 0 Å². The Hall–Kier alpha value is -2.96. The largest absolute Gasteiger partial charge is 0.378 e. The van der Waals surface area contributed by atoms with Gasteiger partial charge in [-0.1, -0.05) is 84.2 Å². The highest BCUT2D eigenvalue weighted by molar-refractivity contribution is 8.14. The third-order valence-electron chi connectivity index (χ3n) is 4.98. The van der Waals surface area contributed by atoms with Gasteiger partial charge in [-0.05, 0) is 58.7 Å². The van der Waals surface area contributed by atoms with E-state index in [0.29, 0.717) is 10.3 Å². The second kappa shape index (κ2) is 11.1. The summed E-state index contributed by atoms with van der Waals surface area (Å²) < 4.78 is 0. The first-order valence-electron chi connectivity index (χ1n) is 10.6. The molecule has 0 radical (unpaired) electrons. The molecule has 6 heteroatoms. The van der Waals surface area contributed by atoms with E-state index in [1.54, 1.807) is 23.5 Å². The third-order valence-corrected chi connectivity index (χ3v) is 6.74. The molecule has 4 aromatic carbocycles. The number of unbranched alkanes of at least 4 members (excludes halogenated alkanes) is 1. The van der Waals surface area contributed by atoms with E-state index in [0.717, 1.165) is 35.7 Å². The highest BCUT2D eigenvalue weighted by Crippen LogP contribution is 2.23. The van der Waals surface area contributed by atoms with E-state index in [-0.39, 0.29) is 0 Å². The summed E-state index contributed by atoms with van der Waals surface area (Å²) >= 11 is 3.19. The van der Waals surface area contributed by atoms with Gasteiger partial charge in [-0.3, -0.25) is 0 Å². The average molecular weight is 459 g/mol. The minimum absolute atomic E-state index is 0.602. The van der Waals surface area contributed by atoms with E-state index in [1.165, 1.54) is 21.5 Å². The van der Waals surface area contributed by atoms with Crippen LogP contribution in [0.3, 0.4) is 0 Å². The number of benzene rings is 4. The first-order valence-corrected chi connectivity index (χ1v) is 12.6. The van der Waals surface area contributed by atoms with Crippen molar-refractivity contribution >= 4 is 66.8 Å². The second-order valence-corrected chi connectivity index (χ2v) is 9.60. The Morgan fingerprint density at radius 2 is 0.969 bits per heavy atom. The van der Waals surface area contributed by atoms with Gasteiger partial charge in [0.1, 0.15) is 0 Å². The molecule has 0 aliphatic heterocycles. The van der Waals surface area contributed by atoms with Crippen LogP contribution in [0.1, 0.15) is 12.8 Å². The van der Waals surface area contributed by atoms with Crippen molar-refractivity contribution in [3.63, 3.8) is 0 Å². The Bertz CT molecular complexity index is 1170. The predicted molar refractivity (Wildman–Crippen MR) is 145 cm³/mol. The summed E-state index contributed by atoms with van der Waals surface area (Å²) in [4.78, 5) is 9.07. The third kappa shape index (κ3) is 6.28. The molecule has 0 saturated carbocycles. The zero-order chi connectivity index (χ0) is 22.2. The molecule has 32 heavy (non-hydrogen) atoms. The van der Waals surface area contributed by atoms with Crippen LogP contribution in [0.5, 0.6) is 0 Å². The van der Waals surface area contributed by atoms with E-state index < -0.39 is 0 Å². The van der Waals surface area contributed by atoms with Crippen LogP contribution < -0.4 is 11.5 Å². The van der Waals surface area contributed by atoms with Crippen molar-refractivity contribution in [3.8, 4) is 0 Å². The van der Waals surface area contributed by atoms with Crippen LogP contribution in [0.25, 0.3) is 21.5 Å². The van der Waals surface area contributed by atoms with Gasteiger partial charge in [0.25, 0.3) is 0 Å². The Labute approximate surface area is 197 Å². The van der Waals surface area contributed by atoms with Gasteiger partial charge < -0.3 is 11.5 Å². The number of hydrogen-bond acceptors (Lipinski definition) is 4. The van der Waals surface area contributed by atoms with Crippen LogP contribution in [0.4, 0.5) is 11.4 Å². The minimum atomic E-state index is 0.602. The number of hydrogen-bond donors (Lipinski definition) is 2. The maximum absolute atomic E-state index is 6.11. The Kier molecular flexibility index (Phi) is 7.69. The lowest BCUT2D eigenvalue weighted by atomic mass is 10.1. The number of nitrogens with two attached hydrogens (primary N) is 2. The van der Waals surface area contributed by atoms with Crippen molar-refractivity contribution in [3.05, 3.63) is 84.9 Å². The Balaban J connectivity index is 1.19. The van der Waals surface area contributed by atoms with Crippen LogP contribution >= 0.6 is 23.5 Å². The molecular formula is C26H26N4S2. The van der Waals surface area contributed by atoms with E-state index in [4.69, 9.17) is 11.5 Å². The highest BCUT2D eigenvalue weighted by atomic mass is 32.2. The number of thioether (sulfide) groups is 2. The fourth-order valence-corrected chi connectivity index (χ4v) is 4.82. The number of nitrogens with zero attached hydrogens (tertiary/aromatic N) is 2. The Morgan fingerprint density at radius 1 is 0.562 bits per heavy atom. The molecule has 0 bridgehead atoms. The molecule has 0 unspecified atom stereocenters. The van der Waals surface area contributed by atoms with Gasteiger partial charge in [-0.2, -0.15) is 0 Å². The molecule has 0 aliphatic carbocycles. The summed E-state index contributed by atoms with van der Waals surface area (Å²) in [7, 11) is 0. The summed E-state index contributed by atoms with van der Waals surface area (Å²) in [6, 6.07) is 28.8. The van der Waals surface area contributed by atoms with Gasteiger partial charge in [-0.15, -0.1) is 0 Å². The summed E-state index contributed by atoms with van der Waals surface area (Å²) in [5.74, 6) is 1.87. The summed E-state index contributed by atoms with van der Waals surface area (Å²) in [6.45, 7) is 0. The summed E-state index contributed by atoms with van der Waals surface area (Å²) in [5, 5.41) is 5.96. The molecule has 0 atom stereocenters. The molecule has 0 aliphatic rings. The smallest absolute Gasteiger partial charge is 0.159 e. The maximum atomic E-state index is 6.11. The topological polar surface area (TPSA) is 76.8 Å². The minimum Gasteiger partial charge on any atom is -0.378 e. The number of rotatable bonds is 7. The van der Waals surface area contributed by atoms with Crippen molar-refractivity contribution in [1.82, 2.24) is 0 Å². The molecule has 4 aromatic rings. The molecule has 0 spiro atoms. The van der Waals surface area contributed by atoms with Crippen molar-refractivity contribution in [2.24, 2.45) is 21.5 Å². The summed E-state index contributed by atoms with van der Waals surface area (Å²) in [5.41, 5.74) is 14.0. The second-order valence-electron chi connectivity index (χ2n) is 7.37. The Morgan fingerprint density at radius 3 is 1.41 bits per heavy atom. The number of aliphatic imine (C=N–C) groups is 2. The van der Waals surface area contributed by atoms with Gasteiger partial charge in [0.05, 0.1) is 11.4 Å². The van der Waals surface area contributed by atoms with Crippen molar-refractivity contribution in [1.29, 1.82) is 0 Å². The first-order chi connectivity index (χ1) is 15.7. The molecule has 162 valence electrons. The fraction of sp³-hybridized carbons (Fsp3) is 0.154. The molecule has 4 rings (SSSR count). The number of amidine groups is 2. The zero-order valence-corrected chi connectivity index (χ0v) is 19.4. The zero-order valence-electron chi connectivity index (χ0n) is 17.8. The molecule has 4 nitrogen and oxygen atoms in total. The maximum Gasteiger partial charge on any atom is 0.159 e. The molecule has 4 N–H and O–H groups in total. The van der Waals surface area contributed by atoms with Crippen LogP contribution in [0, 0.1) is 0 Å². The monoisotopic (exact) mass is 458 g/mol. The van der Waals surface area contributed by atoms with E-state index in [1.807, 2.05) is 36.4 Å². The lowest BCUT2D eigenvalue weighted by Gasteiger charge is -2.04. The normalized spacial score (nSPS) is 12.5. The highest BCUT2D eigenvalue weighted by Gasteiger charge is 2.01. The molecule has 0 aromatic heterocycles. The average Bonchev–Trinajstić information content (AvgIpc) is 2.81. The molecule has 0 amide bonds. The van der Waals surface area contributed by atoms with E-state index >= 15 is 0 Å². The molecule has 0 heterocycles. The summed E-state index contributed by atoms with van der Waals surface area (Å²) in [6.07, 6.45) is 2.10. The van der Waals surface area contributed by atoms with Crippen LogP contribution in [-0.4, -0.2) is 21.8 Å². The van der Waals surface area contributed by atoms with Gasteiger partial charge in [0, 0.05) is 11.5 Å². The molecular weight excluding hydrogens is 432 g/mol. The van der Waals surface area contributed by atoms with Crippen molar-refractivity contribution < 1.29 is 0 Å². The lowest BCUT2D eigenvalue weighted by Crippen LogP contribution is -2.08. The number of fused-ring (bicyclic) bond motifs is 2. The van der Waals surface area contributed by atoms with E-state index in [2.05, 4.69) is 58.5 Å². The van der Waals surface area contributed by atoms with E-state index in [9.17, 15) is 0 Å². The van der Waals surface area contributed by atoms with Crippen molar-refractivity contribution in [2.75, 3.05) is 11.5 Å². The van der Waals surface area contributed by atoms with Crippen LogP contribution in [0.2, 0.25) is 0 Å². The molecule has 0 fully saturated rings. The SMILES string of the molecule is NC(=Nc1ccc2ccccc2c1)SCCCCSC(N)=Nc1ccc2ccccc2c1. The van der Waals surface area contributed by atoms with Crippen molar-refractivity contribution in [2.45, 2.75) is 12.8 Å². The van der Waals surface area contributed by atoms with Crippen LogP contribution in [0.15, 0.2) is 94.9 Å². The van der Waals surface area contributed by atoms with Gasteiger partial charge in [0.15, 0.2) is 10.3 Å². The predicted octanol–water partition coefficient (Wildman–Crippen LogP) is 6.83. The quantitative estimate of drug-likeness (QED) is 0.181. The standard InChI is InChI=1S/C26H26N4S2/c27-25(29-23-13-11-19-7-1-3-9-21(19)17-23)31-15-5-6-16-32-26(28)30-24-14-12-20-8-2-4-10-22(20)18-24/h1-4,7-14,17-18H,5-6,15-16H2,(H2,27,29)(H2,28,30). The fourth-order valence-electron chi connectivity index (χ4n) is 3.37. The van der Waals surface area contributed by atoms with Crippen LogP contribution in [-0.2, 0) is 0 Å². The first kappa shape index (κ1) is 22.2. The lowest BCUT2D eigenvalue weighted by molar-refractivity contribution is 0.910. The molecule has 0 saturated heterocycles. The van der Waals surface area contributed by atoms with Gasteiger partial charge in [-0.25, -0.2) is 9.98 Å². The van der Waals surface area contributed by atoms with Gasteiger partial charge in [0.2, 0.25) is 0 Å².